The highest BCUT2D eigenvalue weighted by Gasteiger charge is 2.19. The number of aromatic nitrogens is 1. The number of hydrogen-bond donors (Lipinski definition) is 0. The van der Waals surface area contributed by atoms with Gasteiger partial charge in [-0.1, -0.05) is 0 Å². The number of esters is 1. The number of rotatable bonds is 4. The second kappa shape index (κ2) is 4.88. The average Bonchev–Trinajstić information content (AvgIpc) is 2.18. The fourth-order valence-corrected chi connectivity index (χ4v) is 2.04. The van der Waals surface area contributed by atoms with E-state index in [1.54, 1.807) is 6.92 Å². The number of pyridine rings is 1. The molecule has 5 nitrogen and oxygen atoms in total. The first-order chi connectivity index (χ1) is 7.06. The number of ether oxygens (including phenoxy) is 1. The van der Waals surface area contributed by atoms with Crippen molar-refractivity contribution in [1.82, 2.24) is 4.98 Å². The molecule has 1 aromatic rings. The van der Waals surface area contributed by atoms with E-state index in [9.17, 15) is 13.2 Å². The van der Waals surface area contributed by atoms with Crippen LogP contribution in [0, 0.1) is 0 Å². The maximum absolute atomic E-state index is 11.6. The number of nitrogens with zero attached hydrogens (tertiary/aromatic N) is 1. The van der Waals surface area contributed by atoms with Crippen LogP contribution in [0.25, 0.3) is 0 Å². The van der Waals surface area contributed by atoms with Gasteiger partial charge in [0.15, 0.2) is 15.6 Å². The van der Waals surface area contributed by atoms with Crippen LogP contribution in [0.3, 0.4) is 0 Å². The minimum Gasteiger partial charge on any atom is -0.465 e. The summed E-state index contributed by atoms with van der Waals surface area (Å²) in [7, 11) is -3.62. The van der Waals surface area contributed by atoms with E-state index in [1.165, 1.54) is 24.5 Å². The third-order valence-corrected chi connectivity index (χ3v) is 3.18. The molecule has 0 fully saturated rings. The molecule has 0 aliphatic rings. The van der Waals surface area contributed by atoms with Gasteiger partial charge in [-0.2, -0.15) is 0 Å². The molecule has 0 aliphatic carbocycles. The van der Waals surface area contributed by atoms with Crippen molar-refractivity contribution in [2.75, 3.05) is 12.4 Å². The van der Waals surface area contributed by atoms with Gasteiger partial charge in [0.25, 0.3) is 0 Å². The Morgan fingerprint density at radius 2 is 2.27 bits per heavy atom. The summed E-state index contributed by atoms with van der Waals surface area (Å²) < 4.78 is 27.7. The molecule has 15 heavy (non-hydrogen) atoms. The second-order valence-electron chi connectivity index (χ2n) is 2.75. The van der Waals surface area contributed by atoms with E-state index in [2.05, 4.69) is 9.72 Å². The van der Waals surface area contributed by atoms with E-state index < -0.39 is 21.6 Å². The van der Waals surface area contributed by atoms with Gasteiger partial charge in [0.05, 0.1) is 11.5 Å². The van der Waals surface area contributed by atoms with Crippen LogP contribution in [0.4, 0.5) is 0 Å². The maximum atomic E-state index is 11.6. The molecule has 0 atom stereocenters. The number of sulfone groups is 1. The predicted octanol–water partition coefficient (Wildman–Crippen LogP) is 0.418. The first kappa shape index (κ1) is 11.6. The Bertz CT molecular complexity index is 427. The van der Waals surface area contributed by atoms with Gasteiger partial charge in [0.1, 0.15) is 0 Å². The molecule has 0 saturated heterocycles. The molecule has 0 spiro atoms. The highest BCUT2D eigenvalue weighted by molar-refractivity contribution is 7.92. The van der Waals surface area contributed by atoms with Crippen molar-refractivity contribution < 1.29 is 17.9 Å². The van der Waals surface area contributed by atoms with Gasteiger partial charge in [0, 0.05) is 12.4 Å². The van der Waals surface area contributed by atoms with E-state index in [0.29, 0.717) is 0 Å². The zero-order valence-electron chi connectivity index (χ0n) is 8.21. The van der Waals surface area contributed by atoms with Crippen molar-refractivity contribution in [1.29, 1.82) is 0 Å². The van der Waals surface area contributed by atoms with Crippen molar-refractivity contribution >= 4 is 15.8 Å². The first-order valence-corrected chi connectivity index (χ1v) is 6.00. The van der Waals surface area contributed by atoms with E-state index in [0.717, 1.165) is 0 Å². The molecule has 1 heterocycles. The topological polar surface area (TPSA) is 73.3 Å². The molecule has 0 N–H and O–H groups in total. The summed E-state index contributed by atoms with van der Waals surface area (Å²) in [5, 5.41) is 0. The summed E-state index contributed by atoms with van der Waals surface area (Å²) >= 11 is 0. The minimum atomic E-state index is -3.62. The Morgan fingerprint density at radius 1 is 1.53 bits per heavy atom. The number of carbonyl (C=O) groups is 1. The maximum Gasteiger partial charge on any atom is 0.321 e. The van der Waals surface area contributed by atoms with Crippen molar-refractivity contribution in [3.05, 3.63) is 24.5 Å². The van der Waals surface area contributed by atoms with Crippen molar-refractivity contribution in [2.24, 2.45) is 0 Å². The van der Waals surface area contributed by atoms with Crippen LogP contribution in [0.15, 0.2) is 29.4 Å². The summed E-state index contributed by atoms with van der Waals surface area (Å²) in [5.41, 5.74) is 0. The molecule has 0 aliphatic heterocycles. The van der Waals surface area contributed by atoms with E-state index >= 15 is 0 Å². The van der Waals surface area contributed by atoms with Gasteiger partial charge in [-0.15, -0.1) is 0 Å². The number of carbonyl (C=O) groups excluding carboxylic acids is 1. The molecule has 6 heteroatoms. The molecular weight excluding hydrogens is 218 g/mol. The summed E-state index contributed by atoms with van der Waals surface area (Å²) in [5.74, 6) is -1.40. The second-order valence-corrected chi connectivity index (χ2v) is 4.74. The third kappa shape index (κ3) is 3.32. The summed E-state index contributed by atoms with van der Waals surface area (Å²) in [6, 6.07) is 2.89. The molecule has 1 aromatic heterocycles. The zero-order chi connectivity index (χ0) is 11.3. The molecule has 0 saturated carbocycles. The summed E-state index contributed by atoms with van der Waals surface area (Å²) in [6.45, 7) is 1.79. The lowest BCUT2D eigenvalue weighted by atomic mass is 10.5. The molecule has 0 unspecified atom stereocenters. The Hall–Kier alpha value is -1.43. The van der Waals surface area contributed by atoms with Gasteiger partial charge in [-0.05, 0) is 19.1 Å². The normalized spacial score (nSPS) is 11.0. The molecule has 82 valence electrons. The summed E-state index contributed by atoms with van der Waals surface area (Å²) in [6.07, 6.45) is 2.66. The monoisotopic (exact) mass is 229 g/mol. The van der Waals surface area contributed by atoms with Crippen LogP contribution in [0.1, 0.15) is 6.92 Å². The van der Waals surface area contributed by atoms with Gasteiger partial charge in [0.2, 0.25) is 0 Å². The Morgan fingerprint density at radius 3 is 2.80 bits per heavy atom. The lowest BCUT2D eigenvalue weighted by molar-refractivity contribution is -0.139. The molecule has 0 radical (unpaired) electrons. The van der Waals surface area contributed by atoms with E-state index in [-0.39, 0.29) is 11.5 Å². The van der Waals surface area contributed by atoms with Crippen LogP contribution in [0.2, 0.25) is 0 Å². The Kier molecular flexibility index (Phi) is 3.79. The zero-order valence-corrected chi connectivity index (χ0v) is 9.03. The van der Waals surface area contributed by atoms with Gasteiger partial charge >= 0.3 is 5.97 Å². The van der Waals surface area contributed by atoms with Crippen LogP contribution < -0.4 is 0 Å². The molecule has 0 bridgehead atoms. The van der Waals surface area contributed by atoms with Crippen molar-refractivity contribution in [2.45, 2.75) is 11.8 Å². The predicted molar refractivity (Wildman–Crippen MR) is 52.9 cm³/mol. The molecular formula is C9H11NO4S. The molecule has 1 rings (SSSR count). The quantitative estimate of drug-likeness (QED) is 0.699. The SMILES string of the molecule is CCOC(=O)CS(=O)(=O)c1cccnc1. The average molecular weight is 229 g/mol. The van der Waals surface area contributed by atoms with E-state index in [1.807, 2.05) is 0 Å². The standard InChI is InChI=1S/C9H11NO4S/c1-2-14-9(11)7-15(12,13)8-4-3-5-10-6-8/h3-6H,2,7H2,1H3. The van der Waals surface area contributed by atoms with E-state index in [4.69, 9.17) is 0 Å². The Balaban J connectivity index is 2.81. The Labute approximate surface area is 88.0 Å². The fourth-order valence-electron chi connectivity index (χ4n) is 0.972. The van der Waals surface area contributed by atoms with Gasteiger partial charge in [-0.25, -0.2) is 8.42 Å². The van der Waals surface area contributed by atoms with Crippen LogP contribution >= 0.6 is 0 Å². The number of hydrogen-bond acceptors (Lipinski definition) is 5. The highest BCUT2D eigenvalue weighted by Crippen LogP contribution is 2.08. The van der Waals surface area contributed by atoms with Crippen LogP contribution in [0.5, 0.6) is 0 Å². The first-order valence-electron chi connectivity index (χ1n) is 4.34. The smallest absolute Gasteiger partial charge is 0.321 e. The minimum absolute atomic E-state index is 0.0260. The van der Waals surface area contributed by atoms with Crippen LogP contribution in [-0.2, 0) is 19.4 Å². The molecule has 0 amide bonds. The largest absolute Gasteiger partial charge is 0.465 e. The highest BCUT2D eigenvalue weighted by atomic mass is 32.2. The van der Waals surface area contributed by atoms with Crippen molar-refractivity contribution in [3.8, 4) is 0 Å². The lowest BCUT2D eigenvalue weighted by Gasteiger charge is -2.03. The van der Waals surface area contributed by atoms with Crippen molar-refractivity contribution in [3.63, 3.8) is 0 Å². The lowest BCUT2D eigenvalue weighted by Crippen LogP contribution is -2.18. The van der Waals surface area contributed by atoms with Gasteiger partial charge in [-0.3, -0.25) is 9.78 Å². The van der Waals surface area contributed by atoms with Crippen LogP contribution in [-0.4, -0.2) is 31.7 Å². The summed E-state index contributed by atoms with van der Waals surface area (Å²) in [4.78, 5) is 14.7. The van der Waals surface area contributed by atoms with Gasteiger partial charge < -0.3 is 4.74 Å². The fraction of sp³-hybridized carbons (Fsp3) is 0.333. The molecule has 0 aromatic carbocycles. The third-order valence-electron chi connectivity index (χ3n) is 1.61.